The third kappa shape index (κ3) is 5.98. The molecule has 1 aliphatic rings. The van der Waals surface area contributed by atoms with Gasteiger partial charge in [-0.1, -0.05) is 32.4 Å². The molecule has 3 amide bonds. The first-order valence-electron chi connectivity index (χ1n) is 10.5. The van der Waals surface area contributed by atoms with Gasteiger partial charge in [0, 0.05) is 17.5 Å². The van der Waals surface area contributed by atoms with Crippen LogP contribution in [0, 0.1) is 22.7 Å². The summed E-state index contributed by atoms with van der Waals surface area (Å²) in [6, 6.07) is 5.37. The van der Waals surface area contributed by atoms with Gasteiger partial charge in [-0.05, 0) is 42.9 Å². The topological polar surface area (TPSA) is 140 Å². The third-order valence-electron chi connectivity index (χ3n) is 5.25. The Morgan fingerprint density at radius 2 is 2.09 bits per heavy atom. The predicted octanol–water partition coefficient (Wildman–Crippen LogP) is 2.29. The van der Waals surface area contributed by atoms with Gasteiger partial charge in [-0.15, -0.1) is 0 Å². The second-order valence-electron chi connectivity index (χ2n) is 9.24. The van der Waals surface area contributed by atoms with Crippen LogP contribution in [0.2, 0.25) is 5.02 Å². The Hall–Kier alpha value is -3.12. The van der Waals surface area contributed by atoms with Crippen molar-refractivity contribution in [1.29, 1.82) is 5.26 Å². The molecule has 10 heteroatoms. The number of aromatic nitrogens is 2. The van der Waals surface area contributed by atoms with Gasteiger partial charge in [0.25, 0.3) is 5.91 Å². The Morgan fingerprint density at radius 3 is 2.72 bits per heavy atom. The van der Waals surface area contributed by atoms with Gasteiger partial charge in [-0.3, -0.25) is 14.4 Å². The van der Waals surface area contributed by atoms with E-state index in [4.69, 9.17) is 11.6 Å². The highest BCUT2D eigenvalue weighted by Gasteiger charge is 2.32. The van der Waals surface area contributed by atoms with Crippen LogP contribution in [0.4, 0.5) is 0 Å². The number of amides is 3. The number of hydrogen-bond acceptors (Lipinski definition) is 5. The molecule has 9 nitrogen and oxygen atoms in total. The Balaban J connectivity index is 1.72. The van der Waals surface area contributed by atoms with E-state index in [1.165, 1.54) is 0 Å². The lowest BCUT2D eigenvalue weighted by molar-refractivity contribution is -0.125. The van der Waals surface area contributed by atoms with E-state index in [9.17, 15) is 19.6 Å². The molecule has 0 unspecified atom stereocenters. The summed E-state index contributed by atoms with van der Waals surface area (Å²) in [6.07, 6.45) is 1.21. The molecule has 32 heavy (non-hydrogen) atoms. The molecule has 0 aliphatic carbocycles. The van der Waals surface area contributed by atoms with Gasteiger partial charge in [0.1, 0.15) is 12.1 Å². The monoisotopic (exact) mass is 458 g/mol. The van der Waals surface area contributed by atoms with E-state index in [1.54, 1.807) is 18.2 Å². The fraction of sp³-hybridized carbons (Fsp3) is 0.500. The Bertz CT molecular complexity index is 1070. The van der Waals surface area contributed by atoms with E-state index in [1.807, 2.05) is 20.8 Å². The molecule has 1 fully saturated rings. The summed E-state index contributed by atoms with van der Waals surface area (Å²) in [5.41, 5.74) is 0.916. The molecule has 0 saturated carbocycles. The van der Waals surface area contributed by atoms with Crippen molar-refractivity contribution in [2.45, 2.75) is 52.1 Å². The van der Waals surface area contributed by atoms with Crippen molar-refractivity contribution in [3.63, 3.8) is 0 Å². The maximum absolute atomic E-state index is 13.0. The lowest BCUT2D eigenvalue weighted by atomic mass is 9.87. The van der Waals surface area contributed by atoms with Gasteiger partial charge in [0.2, 0.25) is 11.8 Å². The lowest BCUT2D eigenvalue weighted by Crippen LogP contribution is -2.51. The van der Waals surface area contributed by atoms with E-state index in [2.05, 4.69) is 32.0 Å². The van der Waals surface area contributed by atoms with Crippen LogP contribution >= 0.6 is 11.6 Å². The van der Waals surface area contributed by atoms with Gasteiger partial charge in [-0.25, -0.2) is 4.98 Å². The quantitative estimate of drug-likeness (QED) is 0.504. The van der Waals surface area contributed by atoms with Crippen LogP contribution in [0.3, 0.4) is 0 Å². The smallest absolute Gasteiger partial charge is 0.287 e. The zero-order valence-corrected chi connectivity index (χ0v) is 19.0. The minimum Gasteiger partial charge on any atom is -0.356 e. The summed E-state index contributed by atoms with van der Waals surface area (Å²) in [5.74, 6) is -1.36. The standard InChI is InChI=1S/C22H27ClN6O3/c1-22(2,3)10-17(20(31)26-14(11-24)8-12-6-7-25-19(12)30)29-21(32)18-27-15-5-4-13(23)9-16(15)28-18/h4-5,9,12,14,17H,6-8,10H2,1-3H3,(H,25,30)(H,26,31)(H,27,28)(H,29,32)/t12-,14-,17-/m0/s1. The molecule has 4 N–H and O–H groups in total. The van der Waals surface area contributed by atoms with Gasteiger partial charge < -0.3 is 20.9 Å². The summed E-state index contributed by atoms with van der Waals surface area (Å²) in [5, 5.41) is 18.1. The summed E-state index contributed by atoms with van der Waals surface area (Å²) in [6.45, 7) is 6.43. The number of aromatic amines is 1. The maximum Gasteiger partial charge on any atom is 0.287 e. The summed E-state index contributed by atoms with van der Waals surface area (Å²) in [4.78, 5) is 44.8. The van der Waals surface area contributed by atoms with E-state index in [0.717, 1.165) is 0 Å². The number of nitrogens with one attached hydrogen (secondary N) is 4. The molecule has 0 spiro atoms. The van der Waals surface area contributed by atoms with Crippen LogP contribution in [0.5, 0.6) is 0 Å². The number of nitriles is 1. The fourth-order valence-electron chi connectivity index (χ4n) is 3.71. The summed E-state index contributed by atoms with van der Waals surface area (Å²) >= 11 is 5.99. The van der Waals surface area contributed by atoms with Crippen molar-refractivity contribution in [1.82, 2.24) is 25.9 Å². The molecule has 1 aromatic heterocycles. The first-order chi connectivity index (χ1) is 15.1. The van der Waals surface area contributed by atoms with Crippen LogP contribution in [0.25, 0.3) is 11.0 Å². The number of carbonyl (C=O) groups excluding carboxylic acids is 3. The second-order valence-corrected chi connectivity index (χ2v) is 9.68. The summed E-state index contributed by atoms with van der Waals surface area (Å²) < 4.78 is 0. The van der Waals surface area contributed by atoms with Crippen LogP contribution in [0.15, 0.2) is 18.2 Å². The first-order valence-corrected chi connectivity index (χ1v) is 10.9. The minimum atomic E-state index is -0.882. The molecule has 1 aliphatic heterocycles. The fourth-order valence-corrected chi connectivity index (χ4v) is 3.88. The van der Waals surface area contributed by atoms with Gasteiger partial charge in [-0.2, -0.15) is 5.26 Å². The number of benzene rings is 1. The highest BCUT2D eigenvalue weighted by molar-refractivity contribution is 6.31. The van der Waals surface area contributed by atoms with Crippen molar-refractivity contribution in [2.75, 3.05) is 6.54 Å². The molecule has 0 bridgehead atoms. The number of rotatable bonds is 7. The van der Waals surface area contributed by atoms with Crippen molar-refractivity contribution in [3.8, 4) is 6.07 Å². The maximum atomic E-state index is 13.0. The molecule has 3 atom stereocenters. The molecule has 0 radical (unpaired) electrons. The first kappa shape index (κ1) is 23.5. The number of nitrogens with zero attached hydrogens (tertiary/aromatic N) is 2. The molecule has 1 saturated heterocycles. The summed E-state index contributed by atoms with van der Waals surface area (Å²) in [7, 11) is 0. The average molecular weight is 459 g/mol. The normalized spacial score (nSPS) is 18.0. The highest BCUT2D eigenvalue weighted by Crippen LogP contribution is 2.22. The number of carbonyl (C=O) groups is 3. The van der Waals surface area contributed by atoms with Crippen molar-refractivity contribution in [2.24, 2.45) is 11.3 Å². The molecule has 170 valence electrons. The van der Waals surface area contributed by atoms with E-state index >= 15 is 0 Å². The van der Waals surface area contributed by atoms with E-state index < -0.39 is 23.9 Å². The molecule has 2 heterocycles. The number of imidazole rings is 1. The second kappa shape index (κ2) is 9.57. The number of halogens is 1. The number of H-pyrrole nitrogens is 1. The van der Waals surface area contributed by atoms with Crippen LogP contribution in [-0.4, -0.2) is 46.3 Å². The lowest BCUT2D eigenvalue weighted by Gasteiger charge is -2.27. The van der Waals surface area contributed by atoms with Crippen LogP contribution in [-0.2, 0) is 9.59 Å². The molecular formula is C22H27ClN6O3. The van der Waals surface area contributed by atoms with Crippen molar-refractivity contribution < 1.29 is 14.4 Å². The zero-order chi connectivity index (χ0) is 23.5. The molecule has 2 aromatic rings. The average Bonchev–Trinajstić information content (AvgIpc) is 3.31. The highest BCUT2D eigenvalue weighted by atomic mass is 35.5. The van der Waals surface area contributed by atoms with Crippen LogP contribution < -0.4 is 16.0 Å². The van der Waals surface area contributed by atoms with Crippen molar-refractivity contribution >= 4 is 40.4 Å². The predicted molar refractivity (Wildman–Crippen MR) is 120 cm³/mol. The van der Waals surface area contributed by atoms with Gasteiger partial charge in [0.15, 0.2) is 5.82 Å². The van der Waals surface area contributed by atoms with Crippen molar-refractivity contribution in [3.05, 3.63) is 29.0 Å². The van der Waals surface area contributed by atoms with E-state index in [0.29, 0.717) is 35.4 Å². The number of fused-ring (bicyclic) bond motifs is 1. The van der Waals surface area contributed by atoms with Gasteiger partial charge >= 0.3 is 0 Å². The SMILES string of the molecule is CC(C)(C)C[C@H](NC(=O)c1nc2ccc(Cl)cc2[nH]1)C(=O)N[C@H](C#N)C[C@@H]1CCNC1=O. The van der Waals surface area contributed by atoms with Crippen LogP contribution in [0.1, 0.15) is 50.7 Å². The Kier molecular flexibility index (Phi) is 7.04. The Labute approximate surface area is 191 Å². The molecule has 1 aromatic carbocycles. The minimum absolute atomic E-state index is 0.0634. The van der Waals surface area contributed by atoms with E-state index in [-0.39, 0.29) is 29.5 Å². The zero-order valence-electron chi connectivity index (χ0n) is 18.3. The largest absolute Gasteiger partial charge is 0.356 e. The third-order valence-corrected chi connectivity index (χ3v) is 5.49. The van der Waals surface area contributed by atoms with Gasteiger partial charge in [0.05, 0.1) is 17.1 Å². The molecule has 3 rings (SSSR count). The number of hydrogen-bond donors (Lipinski definition) is 4. The Morgan fingerprint density at radius 1 is 1.34 bits per heavy atom. The molecular weight excluding hydrogens is 432 g/mol.